The predicted octanol–water partition coefficient (Wildman–Crippen LogP) is -4.86. The Balaban J connectivity index is 0.00000385. The summed E-state index contributed by atoms with van der Waals surface area (Å²) in [5.74, 6) is -2.71. The molecule has 3 amide bonds. The van der Waals surface area contributed by atoms with Crippen LogP contribution in [-0.4, -0.2) is 70.4 Å². The van der Waals surface area contributed by atoms with E-state index in [2.05, 4.69) is 25.0 Å². The van der Waals surface area contributed by atoms with E-state index < -0.39 is 35.3 Å². The van der Waals surface area contributed by atoms with Crippen molar-refractivity contribution in [2.75, 3.05) is 25.2 Å². The van der Waals surface area contributed by atoms with E-state index in [4.69, 9.17) is 11.5 Å². The number of carboxylic acids is 1. The molecule has 2 atom stereocenters. The van der Waals surface area contributed by atoms with Crippen LogP contribution in [0.25, 0.3) is 0 Å². The molecule has 2 aliphatic rings. The number of carbonyl (C=O) groups excluding carboxylic acids is 4. The van der Waals surface area contributed by atoms with Crippen LogP contribution in [0, 0.1) is 0 Å². The zero-order valence-corrected chi connectivity index (χ0v) is 21.1. The molecule has 13 nitrogen and oxygen atoms in total. The molecular formula is C17H17N6NaO7S2. The van der Waals surface area contributed by atoms with Gasteiger partial charge in [-0.25, -0.2) is 9.78 Å². The first-order valence-electron chi connectivity index (χ1n) is 8.86. The van der Waals surface area contributed by atoms with E-state index in [1.54, 1.807) is 0 Å². The summed E-state index contributed by atoms with van der Waals surface area (Å²) in [6, 6.07) is -0.997. The molecule has 170 valence electrons. The van der Waals surface area contributed by atoms with E-state index in [1.807, 2.05) is 0 Å². The molecule has 0 aromatic carbocycles. The van der Waals surface area contributed by atoms with Gasteiger partial charge in [-0.2, -0.15) is 0 Å². The van der Waals surface area contributed by atoms with Crippen molar-refractivity contribution >= 4 is 57.8 Å². The number of fused-ring (bicyclic) bond motifs is 1. The number of nitrogens with two attached hydrogens (primary N) is 2. The van der Waals surface area contributed by atoms with Crippen LogP contribution in [-0.2, 0) is 24.0 Å². The Labute approximate surface area is 217 Å². The summed E-state index contributed by atoms with van der Waals surface area (Å²) in [5, 5.41) is 18.9. The molecule has 33 heavy (non-hydrogen) atoms. The number of allylic oxidation sites excluding steroid dienone is 1. The average molecular weight is 504 g/mol. The van der Waals surface area contributed by atoms with Gasteiger partial charge in [0.2, 0.25) is 0 Å². The zero-order valence-electron chi connectivity index (χ0n) is 17.5. The van der Waals surface area contributed by atoms with Crippen molar-refractivity contribution in [3.05, 3.63) is 34.5 Å². The Morgan fingerprint density at radius 3 is 2.76 bits per heavy atom. The summed E-state index contributed by atoms with van der Waals surface area (Å²) >= 11 is 2.34. The Morgan fingerprint density at radius 1 is 1.45 bits per heavy atom. The molecule has 0 spiro atoms. The molecule has 1 aromatic heterocycles. The number of nitrogens with zero attached hydrogens (tertiary/aromatic N) is 3. The van der Waals surface area contributed by atoms with E-state index in [1.165, 1.54) is 36.4 Å². The number of thiazole rings is 1. The van der Waals surface area contributed by atoms with E-state index in [0.29, 0.717) is 0 Å². The number of β-lactam (4-membered cyclic amide) rings is 1. The van der Waals surface area contributed by atoms with Crippen LogP contribution >= 0.6 is 23.1 Å². The fraction of sp³-hybridized carbons (Fsp3) is 0.294. The number of aromatic nitrogens is 1. The molecular weight excluding hydrogens is 487 g/mol. The van der Waals surface area contributed by atoms with Gasteiger partial charge < -0.3 is 36.3 Å². The maximum absolute atomic E-state index is 12.7. The van der Waals surface area contributed by atoms with Crippen LogP contribution in [0.5, 0.6) is 0 Å². The van der Waals surface area contributed by atoms with Crippen LogP contribution in [0.3, 0.4) is 0 Å². The molecule has 3 rings (SSSR count). The Morgan fingerprint density at radius 2 is 2.18 bits per heavy atom. The van der Waals surface area contributed by atoms with Crippen molar-refractivity contribution in [2.45, 2.75) is 11.4 Å². The first-order valence-corrected chi connectivity index (χ1v) is 10.8. The fourth-order valence-electron chi connectivity index (χ4n) is 2.98. The van der Waals surface area contributed by atoms with Gasteiger partial charge in [-0.1, -0.05) is 11.2 Å². The van der Waals surface area contributed by atoms with E-state index in [-0.39, 0.29) is 69.7 Å². The number of rotatable bonds is 8. The molecule has 1 saturated heterocycles. The minimum atomic E-state index is -1.55. The maximum atomic E-state index is 12.7. The number of aliphatic carboxylic acids is 1. The van der Waals surface area contributed by atoms with E-state index >= 15 is 0 Å². The van der Waals surface area contributed by atoms with Gasteiger partial charge in [-0.15, -0.1) is 23.1 Å². The molecule has 16 heteroatoms. The topological polar surface area (TPSA) is 202 Å². The van der Waals surface area contributed by atoms with Crippen molar-refractivity contribution in [3.63, 3.8) is 0 Å². The molecule has 0 radical (unpaired) electrons. The van der Waals surface area contributed by atoms with Crippen LogP contribution < -0.4 is 51.4 Å². The number of nitrogens with one attached hydrogen (secondary N) is 1. The number of anilines is 1. The normalized spacial score (nSPS) is 20.0. The maximum Gasteiger partial charge on any atom is 1.00 e. The standard InChI is InChI=1S/C17H18N6O7S2.Na/c1-29-22-9(8-6-32-16(18)20-8)12(24)21-10-13(25)23-11(15(26)27)7(5-31-14(10)23)3-2-4-30-17(19)28;/h2-3,6,10,14H,4-5H2,1H3,(H2,18,20)(H2,19,28)(H,21,24)(H,26,27);/q;+1/p-1/b3-2-,22-9-;. The van der Waals surface area contributed by atoms with E-state index in [9.17, 15) is 24.3 Å². The van der Waals surface area contributed by atoms with Gasteiger partial charge in [0.05, 0.1) is 11.7 Å². The smallest absolute Gasteiger partial charge is 0.543 e. The van der Waals surface area contributed by atoms with Crippen molar-refractivity contribution < 1.29 is 63.4 Å². The summed E-state index contributed by atoms with van der Waals surface area (Å²) in [7, 11) is 1.25. The third-order valence-corrected chi connectivity index (χ3v) is 6.26. The number of oxime groups is 1. The van der Waals surface area contributed by atoms with Gasteiger partial charge in [0.15, 0.2) is 10.8 Å². The van der Waals surface area contributed by atoms with E-state index in [0.717, 1.165) is 16.2 Å². The minimum absolute atomic E-state index is 0. The summed E-state index contributed by atoms with van der Waals surface area (Å²) in [5.41, 5.74) is 10.4. The summed E-state index contributed by atoms with van der Waals surface area (Å²) in [4.78, 5) is 57.4. The number of nitrogen functional groups attached to an aromatic ring is 1. The van der Waals surface area contributed by atoms with Gasteiger partial charge in [-0.05, 0) is 11.6 Å². The third kappa shape index (κ3) is 5.86. The first-order chi connectivity index (χ1) is 15.2. The molecule has 2 aliphatic heterocycles. The Kier molecular flexibility index (Phi) is 9.30. The van der Waals surface area contributed by atoms with Crippen LogP contribution in [0.4, 0.5) is 9.93 Å². The average Bonchev–Trinajstić information content (AvgIpc) is 3.17. The molecule has 0 aliphatic carbocycles. The summed E-state index contributed by atoms with van der Waals surface area (Å²) < 4.78 is 4.55. The number of hydrogen-bond donors (Lipinski definition) is 3. The first kappa shape index (κ1) is 26.7. The van der Waals surface area contributed by atoms with Crippen LogP contribution in [0.1, 0.15) is 5.69 Å². The number of hydrogen-bond acceptors (Lipinski definition) is 12. The molecule has 0 saturated carbocycles. The monoisotopic (exact) mass is 504 g/mol. The second-order valence-electron chi connectivity index (χ2n) is 6.25. The quantitative estimate of drug-likeness (QED) is 0.133. The van der Waals surface area contributed by atoms with Crippen molar-refractivity contribution in [3.8, 4) is 0 Å². The van der Waals surface area contributed by atoms with Crippen molar-refractivity contribution in [1.82, 2.24) is 15.2 Å². The Hall–Kier alpha value is -2.59. The molecule has 5 N–H and O–H groups in total. The molecule has 1 aromatic rings. The van der Waals surface area contributed by atoms with Crippen LogP contribution in [0.15, 0.2) is 34.0 Å². The zero-order chi connectivity index (χ0) is 23.4. The van der Waals surface area contributed by atoms with Gasteiger partial charge in [0, 0.05) is 11.1 Å². The van der Waals surface area contributed by atoms with Crippen molar-refractivity contribution in [2.24, 2.45) is 10.9 Å². The molecule has 3 heterocycles. The number of amides is 3. The number of primary amides is 1. The third-order valence-electron chi connectivity index (χ3n) is 4.28. The number of thioether (sulfide) groups is 1. The summed E-state index contributed by atoms with van der Waals surface area (Å²) in [6.07, 6.45) is 1.82. The molecule has 1 fully saturated rings. The van der Waals surface area contributed by atoms with Gasteiger partial charge in [0.25, 0.3) is 11.8 Å². The molecule has 2 unspecified atom stereocenters. The Bertz CT molecular complexity index is 1060. The van der Waals surface area contributed by atoms with Crippen LogP contribution in [0.2, 0.25) is 0 Å². The van der Waals surface area contributed by atoms with Gasteiger partial charge >= 0.3 is 35.7 Å². The van der Waals surface area contributed by atoms with Gasteiger partial charge in [-0.3, -0.25) is 14.5 Å². The van der Waals surface area contributed by atoms with Gasteiger partial charge in [0.1, 0.15) is 30.8 Å². The number of carbonyl (C=O) groups is 4. The SMILES string of the molecule is CO/N=C(\C(=O)NC1C(=O)N2C(C(=O)[O-])=C(/C=C\COC(N)=O)CSC12)c1csc(N)n1.[Na+]. The minimum Gasteiger partial charge on any atom is -0.543 e. The number of carboxylic acid groups (broad SMARTS) is 1. The second-order valence-corrected chi connectivity index (χ2v) is 8.24. The largest absolute Gasteiger partial charge is 1.00 e. The molecule has 0 bridgehead atoms. The summed E-state index contributed by atoms with van der Waals surface area (Å²) in [6.45, 7) is -0.164. The van der Waals surface area contributed by atoms with Crippen molar-refractivity contribution in [1.29, 1.82) is 0 Å². The fourth-order valence-corrected chi connectivity index (χ4v) is 4.85. The predicted molar refractivity (Wildman–Crippen MR) is 112 cm³/mol. The second kappa shape index (κ2) is 11.5. The number of ether oxygens (including phenoxy) is 1.